The van der Waals surface area contributed by atoms with Crippen molar-refractivity contribution in [2.45, 2.75) is 0 Å². The predicted octanol–water partition coefficient (Wildman–Crippen LogP) is 2.18. The molecule has 18 heavy (non-hydrogen) atoms. The maximum absolute atomic E-state index is 9.06. The van der Waals surface area contributed by atoms with Crippen LogP contribution in [0, 0.1) is 0 Å². The molecule has 1 N–H and O–H groups in total. The zero-order valence-electron chi connectivity index (χ0n) is 9.32. The predicted molar refractivity (Wildman–Crippen MR) is 64.6 cm³/mol. The van der Waals surface area contributed by atoms with Crippen LogP contribution in [0.15, 0.2) is 58.5 Å². The van der Waals surface area contributed by atoms with E-state index in [1.807, 2.05) is 24.3 Å². The summed E-state index contributed by atoms with van der Waals surface area (Å²) in [4.78, 5) is 7.95. The molecule has 0 atom stereocenters. The first-order chi connectivity index (χ1) is 8.88. The van der Waals surface area contributed by atoms with Gasteiger partial charge >= 0.3 is 0 Å². The van der Waals surface area contributed by atoms with Gasteiger partial charge in [-0.25, -0.2) is 9.97 Å². The molecule has 0 unspecified atom stereocenters. The fourth-order valence-electron chi connectivity index (χ4n) is 1.76. The van der Waals surface area contributed by atoms with Crippen LogP contribution in [0.2, 0.25) is 0 Å². The van der Waals surface area contributed by atoms with Crippen LogP contribution in [-0.4, -0.2) is 15.2 Å². The monoisotopic (exact) mass is 239 g/mol. The Morgan fingerprint density at radius 2 is 2.06 bits per heavy atom. The smallest absolute Gasteiger partial charge is 0.155 e. The molecule has 5 heteroatoms. The number of hydrogen-bond acceptors (Lipinski definition) is 5. The summed E-state index contributed by atoms with van der Waals surface area (Å²) in [5.74, 6) is 0.531. The van der Waals surface area contributed by atoms with Gasteiger partial charge in [0.25, 0.3) is 0 Å². The molecule has 0 aliphatic carbocycles. The molecule has 0 fully saturated rings. The van der Waals surface area contributed by atoms with E-state index >= 15 is 0 Å². The van der Waals surface area contributed by atoms with Crippen LogP contribution in [0.5, 0.6) is 0 Å². The Hall–Kier alpha value is -2.69. The van der Waals surface area contributed by atoms with Crippen LogP contribution < -0.4 is 5.36 Å². The fraction of sp³-hybridized carbons (Fsp3) is 0. The van der Waals surface area contributed by atoms with Crippen LogP contribution in [0.25, 0.3) is 22.4 Å². The first-order valence-corrected chi connectivity index (χ1v) is 5.36. The third-order valence-electron chi connectivity index (χ3n) is 2.59. The van der Waals surface area contributed by atoms with Crippen LogP contribution in [0.3, 0.4) is 0 Å². The van der Waals surface area contributed by atoms with Gasteiger partial charge in [0, 0.05) is 17.6 Å². The van der Waals surface area contributed by atoms with Crippen LogP contribution in [-0.2, 0) is 0 Å². The Balaban J connectivity index is 2.34. The number of benzene rings is 1. The largest absolute Gasteiger partial charge is 0.454 e. The Kier molecular flexibility index (Phi) is 2.49. The van der Waals surface area contributed by atoms with Crippen molar-refractivity contribution >= 4 is 11.0 Å². The number of nitrogens with zero attached hydrogens (tertiary/aromatic N) is 3. The molecule has 3 rings (SSSR count). The van der Waals surface area contributed by atoms with Crippen molar-refractivity contribution in [2.75, 3.05) is 0 Å². The summed E-state index contributed by atoms with van der Waals surface area (Å²) in [5, 5.41) is 13.5. The molecule has 5 nitrogen and oxygen atoms in total. The van der Waals surface area contributed by atoms with E-state index < -0.39 is 0 Å². The van der Waals surface area contributed by atoms with Crippen molar-refractivity contribution in [3.8, 4) is 11.5 Å². The van der Waals surface area contributed by atoms with Gasteiger partial charge in [-0.15, -0.1) is 0 Å². The first kappa shape index (κ1) is 10.5. The van der Waals surface area contributed by atoms with Gasteiger partial charge in [-0.05, 0) is 18.2 Å². The molecule has 88 valence electrons. The molecule has 2 aromatic heterocycles. The highest BCUT2D eigenvalue weighted by Gasteiger charge is 2.06. The molecule has 0 spiro atoms. The SMILES string of the molecule is O/N=c1\cc(-c2ccncn2)oc2ccccc12. The number of rotatable bonds is 1. The van der Waals surface area contributed by atoms with Crippen molar-refractivity contribution in [3.05, 3.63) is 54.3 Å². The zero-order valence-corrected chi connectivity index (χ0v) is 9.32. The molecular weight excluding hydrogens is 230 g/mol. The van der Waals surface area contributed by atoms with E-state index in [2.05, 4.69) is 15.1 Å². The highest BCUT2D eigenvalue weighted by atomic mass is 16.4. The maximum Gasteiger partial charge on any atom is 0.155 e. The lowest BCUT2D eigenvalue weighted by atomic mass is 10.2. The normalized spacial score (nSPS) is 11.9. The maximum atomic E-state index is 9.06. The van der Waals surface area contributed by atoms with Crippen LogP contribution in [0.4, 0.5) is 0 Å². The second kappa shape index (κ2) is 4.29. The molecule has 3 aromatic rings. The average Bonchev–Trinajstić information content (AvgIpc) is 2.47. The van der Waals surface area contributed by atoms with E-state index in [1.54, 1.807) is 18.3 Å². The molecule has 1 aromatic carbocycles. The molecule has 2 heterocycles. The number of aromatic nitrogens is 2. The van der Waals surface area contributed by atoms with Crippen molar-refractivity contribution in [1.29, 1.82) is 0 Å². The Morgan fingerprint density at radius 1 is 1.17 bits per heavy atom. The Labute approximate surface area is 102 Å². The molecule has 0 bridgehead atoms. The fourth-order valence-corrected chi connectivity index (χ4v) is 1.76. The van der Waals surface area contributed by atoms with E-state index in [0.717, 1.165) is 5.39 Å². The number of para-hydroxylation sites is 1. The Bertz CT molecular complexity index is 751. The van der Waals surface area contributed by atoms with E-state index in [4.69, 9.17) is 9.62 Å². The third-order valence-corrected chi connectivity index (χ3v) is 2.59. The summed E-state index contributed by atoms with van der Waals surface area (Å²) in [6.45, 7) is 0. The lowest BCUT2D eigenvalue weighted by Crippen LogP contribution is -2.03. The van der Waals surface area contributed by atoms with Gasteiger partial charge in [-0.3, -0.25) is 0 Å². The minimum atomic E-state index is 0.450. The van der Waals surface area contributed by atoms with Gasteiger partial charge in [-0.2, -0.15) is 0 Å². The molecule has 0 amide bonds. The van der Waals surface area contributed by atoms with Gasteiger partial charge in [0.2, 0.25) is 0 Å². The molecule has 0 radical (unpaired) electrons. The average molecular weight is 239 g/mol. The topological polar surface area (TPSA) is 71.5 Å². The van der Waals surface area contributed by atoms with E-state index in [0.29, 0.717) is 22.4 Å². The van der Waals surface area contributed by atoms with Crippen LogP contribution in [0.1, 0.15) is 0 Å². The molecule has 0 aliphatic heterocycles. The number of hydrogen-bond donors (Lipinski definition) is 1. The Morgan fingerprint density at radius 3 is 2.83 bits per heavy atom. The van der Waals surface area contributed by atoms with E-state index in [-0.39, 0.29) is 0 Å². The standard InChI is InChI=1S/C13H9N3O2/c17-16-11-7-13(10-5-6-14-8-15-10)18-12-4-2-1-3-9(11)12/h1-8,17H/b16-11+. The molecule has 0 saturated heterocycles. The summed E-state index contributed by atoms with van der Waals surface area (Å²) in [5.41, 5.74) is 1.28. The third kappa shape index (κ3) is 1.71. The summed E-state index contributed by atoms with van der Waals surface area (Å²) in [6.07, 6.45) is 3.07. The first-order valence-electron chi connectivity index (χ1n) is 5.36. The van der Waals surface area contributed by atoms with Gasteiger partial charge in [0.1, 0.15) is 23.0 Å². The molecular formula is C13H9N3O2. The lowest BCUT2D eigenvalue weighted by Gasteiger charge is -2.02. The van der Waals surface area contributed by atoms with Crippen LogP contribution >= 0.6 is 0 Å². The van der Waals surface area contributed by atoms with Crippen molar-refractivity contribution in [2.24, 2.45) is 5.16 Å². The van der Waals surface area contributed by atoms with E-state index in [1.165, 1.54) is 6.33 Å². The quantitative estimate of drug-likeness (QED) is 0.522. The number of fused-ring (bicyclic) bond motifs is 1. The summed E-state index contributed by atoms with van der Waals surface area (Å²) in [7, 11) is 0. The highest BCUT2D eigenvalue weighted by Crippen LogP contribution is 2.19. The van der Waals surface area contributed by atoms with Gasteiger partial charge in [-0.1, -0.05) is 17.3 Å². The summed E-state index contributed by atoms with van der Waals surface area (Å²) >= 11 is 0. The second-order valence-electron chi connectivity index (χ2n) is 3.69. The van der Waals surface area contributed by atoms with Crippen molar-refractivity contribution in [3.63, 3.8) is 0 Å². The minimum Gasteiger partial charge on any atom is -0.454 e. The molecule has 0 aliphatic rings. The van der Waals surface area contributed by atoms with Gasteiger partial charge < -0.3 is 9.62 Å². The van der Waals surface area contributed by atoms with Crippen molar-refractivity contribution < 1.29 is 9.62 Å². The lowest BCUT2D eigenvalue weighted by molar-refractivity contribution is 0.302. The molecule has 0 saturated carbocycles. The minimum absolute atomic E-state index is 0.450. The van der Waals surface area contributed by atoms with E-state index in [9.17, 15) is 0 Å². The van der Waals surface area contributed by atoms with Gasteiger partial charge in [0.15, 0.2) is 5.76 Å². The zero-order chi connectivity index (χ0) is 12.4. The summed E-state index contributed by atoms with van der Waals surface area (Å²) < 4.78 is 5.73. The second-order valence-corrected chi connectivity index (χ2v) is 3.69. The van der Waals surface area contributed by atoms with Crippen molar-refractivity contribution in [1.82, 2.24) is 9.97 Å². The highest BCUT2D eigenvalue weighted by molar-refractivity contribution is 5.77. The summed E-state index contributed by atoms with van der Waals surface area (Å²) in [6, 6.07) is 10.7. The van der Waals surface area contributed by atoms with Gasteiger partial charge in [0.05, 0.1) is 0 Å².